The third-order valence-corrected chi connectivity index (χ3v) is 3.41. The van der Waals surface area contributed by atoms with Crippen LogP contribution in [-0.4, -0.2) is 37.5 Å². The van der Waals surface area contributed by atoms with Crippen molar-refractivity contribution in [2.24, 2.45) is 5.73 Å². The number of allylic oxidation sites excluding steroid dienone is 2. The number of rotatable bonds is 9. The quantitative estimate of drug-likeness (QED) is 0.496. The van der Waals surface area contributed by atoms with Gasteiger partial charge in [-0.3, -0.25) is 4.79 Å². The van der Waals surface area contributed by atoms with E-state index in [1.807, 2.05) is 0 Å². The molecule has 0 unspecified atom stereocenters. The number of nitrogens with two attached hydrogens (primary N) is 1. The minimum atomic E-state index is -0.353. The van der Waals surface area contributed by atoms with Gasteiger partial charge in [0.1, 0.15) is 0 Å². The number of nitrogens with zero attached hydrogens (tertiary/aromatic N) is 1. The van der Waals surface area contributed by atoms with Crippen LogP contribution < -0.4 is 11.1 Å². The van der Waals surface area contributed by atoms with Gasteiger partial charge in [-0.2, -0.15) is 0 Å². The molecular formula is C15H29N3O. The number of carbonyl (C=O) groups is 1. The third-order valence-electron chi connectivity index (χ3n) is 3.41. The van der Waals surface area contributed by atoms with Crippen molar-refractivity contribution in [3.8, 4) is 0 Å². The SMILES string of the molecule is CC/C(C)=C\C/C(NCCN(C)CC)=C(\C)C(N)=O. The van der Waals surface area contributed by atoms with Crippen molar-refractivity contribution < 1.29 is 4.79 Å². The number of primary amides is 1. The highest BCUT2D eigenvalue weighted by Crippen LogP contribution is 2.09. The maximum atomic E-state index is 11.3. The predicted octanol–water partition coefficient (Wildman–Crippen LogP) is 2.03. The fourth-order valence-corrected chi connectivity index (χ4v) is 1.48. The molecule has 0 fully saturated rings. The topological polar surface area (TPSA) is 58.4 Å². The van der Waals surface area contributed by atoms with Gasteiger partial charge in [0.15, 0.2) is 0 Å². The summed E-state index contributed by atoms with van der Waals surface area (Å²) in [5, 5.41) is 3.34. The molecule has 0 aliphatic rings. The van der Waals surface area contributed by atoms with Gasteiger partial charge in [-0.05, 0) is 33.9 Å². The Morgan fingerprint density at radius 3 is 2.42 bits per heavy atom. The first-order chi connectivity index (χ1) is 8.92. The van der Waals surface area contributed by atoms with Crippen molar-refractivity contribution in [2.45, 2.75) is 40.5 Å². The Morgan fingerprint density at radius 1 is 1.32 bits per heavy atom. The lowest BCUT2D eigenvalue weighted by atomic mass is 10.1. The number of carbonyl (C=O) groups excluding carboxylic acids is 1. The maximum absolute atomic E-state index is 11.3. The molecule has 0 aromatic rings. The summed E-state index contributed by atoms with van der Waals surface area (Å²) in [4.78, 5) is 13.5. The molecule has 4 heteroatoms. The minimum Gasteiger partial charge on any atom is -0.386 e. The van der Waals surface area contributed by atoms with Crippen LogP contribution in [0.5, 0.6) is 0 Å². The van der Waals surface area contributed by atoms with E-state index in [4.69, 9.17) is 5.73 Å². The average Bonchev–Trinajstić information content (AvgIpc) is 2.40. The second-order valence-electron chi connectivity index (χ2n) is 4.90. The summed E-state index contributed by atoms with van der Waals surface area (Å²) in [6.07, 6.45) is 3.92. The first-order valence-electron chi connectivity index (χ1n) is 6.99. The van der Waals surface area contributed by atoms with E-state index in [0.29, 0.717) is 5.57 Å². The Bertz CT molecular complexity index is 345. The standard InChI is InChI=1S/C15H29N3O/c1-6-12(3)8-9-14(13(4)15(16)19)17-10-11-18(5)7-2/h8,17H,6-7,9-11H2,1-5H3,(H2,16,19)/b12-8-,14-13-. The number of hydrogen-bond donors (Lipinski definition) is 2. The molecule has 0 heterocycles. The van der Waals surface area contributed by atoms with Gasteiger partial charge in [0.2, 0.25) is 5.91 Å². The molecule has 0 aliphatic carbocycles. The summed E-state index contributed by atoms with van der Waals surface area (Å²) in [6.45, 7) is 10.9. The van der Waals surface area contributed by atoms with Gasteiger partial charge in [-0.1, -0.05) is 25.5 Å². The highest BCUT2D eigenvalue weighted by molar-refractivity contribution is 5.92. The van der Waals surface area contributed by atoms with Crippen LogP contribution in [0.25, 0.3) is 0 Å². The van der Waals surface area contributed by atoms with E-state index in [0.717, 1.165) is 38.2 Å². The van der Waals surface area contributed by atoms with Gasteiger partial charge in [0.05, 0.1) is 0 Å². The smallest absolute Gasteiger partial charge is 0.246 e. The van der Waals surface area contributed by atoms with E-state index >= 15 is 0 Å². The molecule has 0 rings (SSSR count). The summed E-state index contributed by atoms with van der Waals surface area (Å²) in [6, 6.07) is 0. The lowest BCUT2D eigenvalue weighted by Crippen LogP contribution is -2.30. The van der Waals surface area contributed by atoms with E-state index in [2.05, 4.69) is 44.1 Å². The van der Waals surface area contributed by atoms with Gasteiger partial charge >= 0.3 is 0 Å². The van der Waals surface area contributed by atoms with Crippen LogP contribution in [-0.2, 0) is 4.79 Å². The molecule has 0 radical (unpaired) electrons. The number of likely N-dealkylation sites (N-methyl/N-ethyl adjacent to an activating group) is 1. The molecule has 4 nitrogen and oxygen atoms in total. The molecule has 0 saturated carbocycles. The van der Waals surface area contributed by atoms with Crippen molar-refractivity contribution in [3.63, 3.8) is 0 Å². The molecule has 0 aromatic carbocycles. The summed E-state index contributed by atoms with van der Waals surface area (Å²) < 4.78 is 0. The van der Waals surface area contributed by atoms with Crippen LogP contribution in [0.1, 0.15) is 40.5 Å². The second-order valence-corrected chi connectivity index (χ2v) is 4.90. The zero-order valence-corrected chi connectivity index (χ0v) is 13.0. The van der Waals surface area contributed by atoms with Crippen molar-refractivity contribution in [2.75, 3.05) is 26.7 Å². The maximum Gasteiger partial charge on any atom is 0.246 e. The first kappa shape index (κ1) is 17.7. The van der Waals surface area contributed by atoms with Crippen molar-refractivity contribution in [1.29, 1.82) is 0 Å². The Morgan fingerprint density at radius 2 is 1.95 bits per heavy atom. The molecule has 0 aromatic heterocycles. The highest BCUT2D eigenvalue weighted by Gasteiger charge is 2.06. The number of hydrogen-bond acceptors (Lipinski definition) is 3. The summed E-state index contributed by atoms with van der Waals surface area (Å²) in [5.41, 5.74) is 8.25. The molecule has 0 spiro atoms. The van der Waals surface area contributed by atoms with Gasteiger partial charge in [0.25, 0.3) is 0 Å². The van der Waals surface area contributed by atoms with Gasteiger partial charge in [-0.15, -0.1) is 0 Å². The van der Waals surface area contributed by atoms with Crippen LogP contribution in [0, 0.1) is 0 Å². The molecule has 0 atom stereocenters. The van der Waals surface area contributed by atoms with Crippen LogP contribution in [0.4, 0.5) is 0 Å². The Labute approximate surface area is 117 Å². The fraction of sp³-hybridized carbons (Fsp3) is 0.667. The zero-order valence-electron chi connectivity index (χ0n) is 13.0. The fourth-order valence-electron chi connectivity index (χ4n) is 1.48. The molecule has 3 N–H and O–H groups in total. The molecule has 1 amide bonds. The lowest BCUT2D eigenvalue weighted by molar-refractivity contribution is -0.114. The van der Waals surface area contributed by atoms with Crippen LogP contribution in [0.15, 0.2) is 22.9 Å². The van der Waals surface area contributed by atoms with Crippen LogP contribution >= 0.6 is 0 Å². The number of nitrogens with one attached hydrogen (secondary N) is 1. The zero-order chi connectivity index (χ0) is 14.8. The Hall–Kier alpha value is -1.29. The molecular weight excluding hydrogens is 238 g/mol. The lowest BCUT2D eigenvalue weighted by Gasteiger charge is -2.17. The van der Waals surface area contributed by atoms with Gasteiger partial charge < -0.3 is 16.0 Å². The van der Waals surface area contributed by atoms with Crippen LogP contribution in [0.2, 0.25) is 0 Å². The second kappa shape index (κ2) is 9.62. The van der Waals surface area contributed by atoms with Crippen molar-refractivity contribution in [3.05, 3.63) is 22.9 Å². The van der Waals surface area contributed by atoms with Gasteiger partial charge in [0, 0.05) is 30.8 Å². The Balaban J connectivity index is 4.62. The summed E-state index contributed by atoms with van der Waals surface area (Å²) >= 11 is 0. The molecule has 0 bridgehead atoms. The molecule has 0 aliphatic heterocycles. The highest BCUT2D eigenvalue weighted by atomic mass is 16.1. The minimum absolute atomic E-state index is 0.353. The molecule has 19 heavy (non-hydrogen) atoms. The van der Waals surface area contributed by atoms with Crippen molar-refractivity contribution >= 4 is 5.91 Å². The monoisotopic (exact) mass is 267 g/mol. The normalized spacial score (nSPS) is 13.5. The first-order valence-corrected chi connectivity index (χ1v) is 6.99. The van der Waals surface area contributed by atoms with E-state index in [1.165, 1.54) is 5.57 Å². The van der Waals surface area contributed by atoms with Crippen LogP contribution in [0.3, 0.4) is 0 Å². The third kappa shape index (κ3) is 7.67. The Kier molecular flexibility index (Phi) is 8.96. The summed E-state index contributed by atoms with van der Waals surface area (Å²) in [5.74, 6) is -0.353. The number of amides is 1. The predicted molar refractivity (Wildman–Crippen MR) is 81.7 cm³/mol. The summed E-state index contributed by atoms with van der Waals surface area (Å²) in [7, 11) is 2.08. The van der Waals surface area contributed by atoms with E-state index in [9.17, 15) is 4.79 Å². The van der Waals surface area contributed by atoms with Gasteiger partial charge in [-0.25, -0.2) is 0 Å². The molecule has 110 valence electrons. The van der Waals surface area contributed by atoms with E-state index < -0.39 is 0 Å². The van der Waals surface area contributed by atoms with Crippen molar-refractivity contribution in [1.82, 2.24) is 10.2 Å². The largest absolute Gasteiger partial charge is 0.386 e. The van der Waals surface area contributed by atoms with E-state index in [-0.39, 0.29) is 5.91 Å². The molecule has 0 saturated heterocycles. The van der Waals surface area contributed by atoms with E-state index in [1.54, 1.807) is 6.92 Å². The average molecular weight is 267 g/mol.